The van der Waals surface area contributed by atoms with Gasteiger partial charge in [-0.3, -0.25) is 14.3 Å². The third-order valence-corrected chi connectivity index (χ3v) is 7.47. The van der Waals surface area contributed by atoms with E-state index in [1.54, 1.807) is 18.1 Å². The van der Waals surface area contributed by atoms with Crippen LogP contribution in [0.15, 0.2) is 67.3 Å². The number of methoxy groups -OCH3 is 1. The van der Waals surface area contributed by atoms with Gasteiger partial charge < -0.3 is 24.4 Å². The van der Waals surface area contributed by atoms with Gasteiger partial charge in [-0.1, -0.05) is 12.1 Å². The molecule has 11 heteroatoms. The van der Waals surface area contributed by atoms with E-state index >= 15 is 0 Å². The highest BCUT2D eigenvalue weighted by atomic mass is 19.1. The first-order valence-corrected chi connectivity index (χ1v) is 13.8. The van der Waals surface area contributed by atoms with Crippen LogP contribution in [0.4, 0.5) is 4.39 Å². The Bertz CT molecular complexity index is 1610. The monoisotopic (exact) mass is 571 g/mol. The Hall–Kier alpha value is -4.93. The summed E-state index contributed by atoms with van der Waals surface area (Å²) in [5.74, 6) is 0.827. The molecule has 7 rings (SSSR count). The molecular weight excluding hydrogens is 541 g/mol. The fraction of sp³-hybridized carbons (Fsp3) is 0.290. The van der Waals surface area contributed by atoms with E-state index in [1.165, 1.54) is 24.5 Å². The summed E-state index contributed by atoms with van der Waals surface area (Å²) in [4.78, 5) is 32.2. The van der Waals surface area contributed by atoms with Crippen LogP contribution < -0.4 is 19.5 Å². The molecule has 4 aromatic rings. The van der Waals surface area contributed by atoms with Crippen LogP contribution in [0.5, 0.6) is 23.0 Å². The second-order valence-corrected chi connectivity index (χ2v) is 10.1. The molecule has 8 bridgehead atoms. The molecule has 0 radical (unpaired) electrons. The minimum absolute atomic E-state index is 0.00325. The normalized spacial score (nSPS) is 16.5. The van der Waals surface area contributed by atoms with Gasteiger partial charge in [-0.05, 0) is 72.0 Å². The van der Waals surface area contributed by atoms with Crippen molar-refractivity contribution in [3.05, 3.63) is 95.3 Å². The number of aryl methyl sites for hydroxylation is 1. The molecule has 2 amide bonds. The fourth-order valence-electron chi connectivity index (χ4n) is 5.40. The second kappa shape index (κ2) is 11.9. The summed E-state index contributed by atoms with van der Waals surface area (Å²) < 4.78 is 33.9. The predicted molar refractivity (Wildman–Crippen MR) is 150 cm³/mol. The van der Waals surface area contributed by atoms with Gasteiger partial charge >= 0.3 is 0 Å². The molecule has 3 aliphatic rings. The number of carbonyl (C=O) groups excluding carboxylic acids is 2. The SMILES string of the molecule is COc1ccc2cc1OCCCNC(=O)c1cc(ccc1F)Oc1ccc3c(c1)CCN(C(=O)CCn1cncn1)C23. The Morgan fingerprint density at radius 1 is 1.14 bits per heavy atom. The molecule has 0 spiro atoms. The quantitative estimate of drug-likeness (QED) is 0.389. The molecule has 42 heavy (non-hydrogen) atoms. The summed E-state index contributed by atoms with van der Waals surface area (Å²) in [6, 6.07) is 15.2. The topological polar surface area (TPSA) is 108 Å². The number of carbonyl (C=O) groups is 2. The molecule has 1 aromatic heterocycles. The molecule has 1 atom stereocenters. The number of rotatable bonds is 4. The van der Waals surface area contributed by atoms with Gasteiger partial charge in [0, 0.05) is 19.5 Å². The van der Waals surface area contributed by atoms with E-state index in [1.807, 2.05) is 41.3 Å². The van der Waals surface area contributed by atoms with E-state index in [-0.39, 0.29) is 37.1 Å². The number of hydrogen-bond acceptors (Lipinski definition) is 7. The van der Waals surface area contributed by atoms with Gasteiger partial charge in [-0.25, -0.2) is 9.37 Å². The lowest BCUT2D eigenvalue weighted by Crippen LogP contribution is -2.41. The highest BCUT2D eigenvalue weighted by Crippen LogP contribution is 2.41. The summed E-state index contributed by atoms with van der Waals surface area (Å²) in [5, 5.41) is 6.86. The van der Waals surface area contributed by atoms with E-state index < -0.39 is 11.7 Å². The molecule has 216 valence electrons. The predicted octanol–water partition coefficient (Wildman–Crippen LogP) is 4.29. The Morgan fingerprint density at radius 3 is 2.83 bits per heavy atom. The summed E-state index contributed by atoms with van der Waals surface area (Å²) in [6.07, 6.45) is 4.42. The molecule has 3 aromatic carbocycles. The summed E-state index contributed by atoms with van der Waals surface area (Å²) in [5.41, 5.74) is 2.78. The minimum atomic E-state index is -0.631. The number of halogens is 1. The van der Waals surface area contributed by atoms with Crippen molar-refractivity contribution in [2.24, 2.45) is 0 Å². The van der Waals surface area contributed by atoms with Crippen LogP contribution in [0.2, 0.25) is 0 Å². The maximum atomic E-state index is 14.5. The van der Waals surface area contributed by atoms with Gasteiger partial charge in [0.25, 0.3) is 5.91 Å². The van der Waals surface area contributed by atoms with Crippen LogP contribution in [0, 0.1) is 5.82 Å². The molecule has 3 aliphatic heterocycles. The van der Waals surface area contributed by atoms with Crippen molar-refractivity contribution in [1.82, 2.24) is 25.0 Å². The minimum Gasteiger partial charge on any atom is -0.493 e. The third kappa shape index (κ3) is 5.63. The van der Waals surface area contributed by atoms with E-state index in [0.717, 1.165) is 16.7 Å². The second-order valence-electron chi connectivity index (χ2n) is 10.1. The Kier molecular flexibility index (Phi) is 7.72. The molecule has 0 saturated heterocycles. The van der Waals surface area contributed by atoms with Gasteiger partial charge in [0.1, 0.15) is 30.0 Å². The average molecular weight is 572 g/mol. The zero-order valence-electron chi connectivity index (χ0n) is 23.1. The molecule has 4 heterocycles. The maximum absolute atomic E-state index is 14.5. The number of amides is 2. The summed E-state index contributed by atoms with van der Waals surface area (Å²) in [6.45, 7) is 1.50. The van der Waals surface area contributed by atoms with E-state index in [4.69, 9.17) is 14.2 Å². The number of nitrogens with zero attached hydrogens (tertiary/aromatic N) is 4. The van der Waals surface area contributed by atoms with Crippen molar-refractivity contribution in [2.45, 2.75) is 31.8 Å². The third-order valence-electron chi connectivity index (χ3n) is 7.47. The number of ether oxygens (including phenoxy) is 3. The van der Waals surface area contributed by atoms with E-state index in [0.29, 0.717) is 48.9 Å². The summed E-state index contributed by atoms with van der Waals surface area (Å²) >= 11 is 0. The van der Waals surface area contributed by atoms with Crippen LogP contribution >= 0.6 is 0 Å². The van der Waals surface area contributed by atoms with Crippen LogP contribution in [0.1, 0.15) is 45.9 Å². The smallest absolute Gasteiger partial charge is 0.254 e. The zero-order chi connectivity index (χ0) is 29.1. The highest BCUT2D eigenvalue weighted by Gasteiger charge is 2.33. The van der Waals surface area contributed by atoms with Gasteiger partial charge in [-0.15, -0.1) is 0 Å². The van der Waals surface area contributed by atoms with Crippen molar-refractivity contribution < 1.29 is 28.2 Å². The molecular formula is C31H30FN5O5. The van der Waals surface area contributed by atoms with Gasteiger partial charge in [0.05, 0.1) is 31.9 Å². The number of benzene rings is 3. The van der Waals surface area contributed by atoms with Gasteiger partial charge in [-0.2, -0.15) is 5.10 Å². The largest absolute Gasteiger partial charge is 0.493 e. The Labute approximate surface area is 242 Å². The molecule has 1 unspecified atom stereocenters. The van der Waals surface area contributed by atoms with Crippen LogP contribution in [0.3, 0.4) is 0 Å². The van der Waals surface area contributed by atoms with Crippen molar-refractivity contribution in [2.75, 3.05) is 26.8 Å². The molecule has 0 fully saturated rings. The Morgan fingerprint density at radius 2 is 2.00 bits per heavy atom. The fourth-order valence-corrected chi connectivity index (χ4v) is 5.40. The van der Waals surface area contributed by atoms with Gasteiger partial charge in [0.2, 0.25) is 5.91 Å². The first-order chi connectivity index (χ1) is 20.5. The van der Waals surface area contributed by atoms with E-state index in [2.05, 4.69) is 15.4 Å². The molecule has 0 aliphatic carbocycles. The average Bonchev–Trinajstić information content (AvgIpc) is 3.53. The highest BCUT2D eigenvalue weighted by molar-refractivity contribution is 5.94. The van der Waals surface area contributed by atoms with Crippen molar-refractivity contribution in [3.63, 3.8) is 0 Å². The van der Waals surface area contributed by atoms with Gasteiger partial charge in [0.15, 0.2) is 11.5 Å². The lowest BCUT2D eigenvalue weighted by atomic mass is 9.87. The number of fused-ring (bicyclic) bond motifs is 6. The van der Waals surface area contributed by atoms with Crippen LogP contribution in [-0.2, 0) is 17.8 Å². The summed E-state index contributed by atoms with van der Waals surface area (Å²) in [7, 11) is 1.57. The van der Waals surface area contributed by atoms with E-state index in [9.17, 15) is 14.0 Å². The molecule has 1 N–H and O–H groups in total. The maximum Gasteiger partial charge on any atom is 0.254 e. The Balaban J connectivity index is 1.40. The molecule has 10 nitrogen and oxygen atoms in total. The standard InChI is InChI=1S/C31H30FN5O5/c1-40-27-8-3-21-16-28(27)41-14-2-11-34-31(39)25-17-23(5-7-26(25)32)42-22-4-6-24-20(15-22)9-13-37(30(21)24)29(38)10-12-36-19-33-18-35-36/h3-8,15-19,30H,2,9-14H2,1H3,(H,34,39). The lowest BCUT2D eigenvalue weighted by molar-refractivity contribution is -0.133. The van der Waals surface area contributed by atoms with Crippen LogP contribution in [0.25, 0.3) is 0 Å². The lowest BCUT2D eigenvalue weighted by Gasteiger charge is -2.38. The van der Waals surface area contributed by atoms with Crippen LogP contribution in [-0.4, -0.2) is 58.3 Å². The number of nitrogens with one attached hydrogen (secondary N) is 1. The molecule has 0 saturated carbocycles. The first-order valence-electron chi connectivity index (χ1n) is 13.8. The zero-order valence-corrected chi connectivity index (χ0v) is 23.1. The first kappa shape index (κ1) is 27.3. The van der Waals surface area contributed by atoms with Crippen molar-refractivity contribution >= 4 is 11.8 Å². The number of aromatic nitrogens is 3. The number of hydrogen-bond donors (Lipinski definition) is 1. The van der Waals surface area contributed by atoms with Crippen molar-refractivity contribution in [1.29, 1.82) is 0 Å². The van der Waals surface area contributed by atoms with Crippen molar-refractivity contribution in [3.8, 4) is 23.0 Å².